The first-order valence-electron chi connectivity index (χ1n) is 4.37. The van der Waals surface area contributed by atoms with Crippen LogP contribution in [0, 0.1) is 10.4 Å². The molecule has 0 atom stereocenters. The minimum absolute atomic E-state index is 0.0421. The van der Waals surface area contributed by atoms with Crippen LogP contribution in [0.3, 0.4) is 0 Å². The summed E-state index contributed by atoms with van der Waals surface area (Å²) in [6.45, 7) is 0. The largest absolute Gasteiger partial charge is 0.710 e. The predicted molar refractivity (Wildman–Crippen MR) is 54.8 cm³/mol. The number of aromatic nitrogens is 2. The van der Waals surface area contributed by atoms with E-state index in [-0.39, 0.29) is 15.8 Å². The summed E-state index contributed by atoms with van der Waals surface area (Å²) in [5, 5.41) is 23.4. The summed E-state index contributed by atoms with van der Waals surface area (Å²) in [6.07, 6.45) is 0. The topological polar surface area (TPSA) is 123 Å². The minimum atomic E-state index is -1.04. The Morgan fingerprint density at radius 3 is 2.12 bits per heavy atom. The fourth-order valence-electron chi connectivity index (χ4n) is 1.48. The molecule has 0 saturated heterocycles. The number of rotatable bonds is 1. The van der Waals surface area contributed by atoms with Gasteiger partial charge in [0, 0.05) is 6.07 Å². The molecule has 0 saturated carbocycles. The molecule has 0 unspecified atom stereocenters. The zero-order valence-corrected chi connectivity index (χ0v) is 8.08. The molecule has 0 spiro atoms. The Morgan fingerprint density at radius 2 is 1.62 bits per heavy atom. The summed E-state index contributed by atoms with van der Waals surface area (Å²) >= 11 is 0. The normalized spacial score (nSPS) is 10.5. The van der Waals surface area contributed by atoms with Crippen LogP contribution in [0.25, 0.3) is 11.0 Å². The Morgan fingerprint density at radius 1 is 1.12 bits per heavy atom. The van der Waals surface area contributed by atoms with Crippen LogP contribution in [0.2, 0.25) is 0 Å². The first-order chi connectivity index (χ1) is 7.54. The highest BCUT2D eigenvalue weighted by Gasteiger charge is 2.28. The molecule has 1 amide bonds. The Labute approximate surface area is 89.7 Å². The van der Waals surface area contributed by atoms with Crippen LogP contribution in [0.15, 0.2) is 24.3 Å². The third-order valence-corrected chi connectivity index (χ3v) is 2.22. The fraction of sp³-hybridized carbons (Fsp3) is 0. The number of anilines is 1. The van der Waals surface area contributed by atoms with Gasteiger partial charge in [0.05, 0.1) is 0 Å². The number of benzene rings is 1. The highest BCUT2D eigenvalue weighted by molar-refractivity contribution is 5.93. The van der Waals surface area contributed by atoms with Crippen molar-refractivity contribution in [1.82, 2.24) is 0 Å². The van der Waals surface area contributed by atoms with E-state index in [1.165, 1.54) is 12.1 Å². The Balaban J connectivity index is 3.00. The third-order valence-electron chi connectivity index (χ3n) is 2.22. The van der Waals surface area contributed by atoms with Crippen molar-refractivity contribution < 1.29 is 14.3 Å². The second-order valence-electron chi connectivity index (χ2n) is 3.18. The second-order valence-corrected chi connectivity index (χ2v) is 3.18. The van der Waals surface area contributed by atoms with Crippen molar-refractivity contribution in [2.75, 3.05) is 5.73 Å². The van der Waals surface area contributed by atoms with Crippen LogP contribution in [0.4, 0.5) is 5.82 Å². The van der Waals surface area contributed by atoms with Crippen molar-refractivity contribution in [2.24, 2.45) is 5.73 Å². The van der Waals surface area contributed by atoms with E-state index < -0.39 is 17.4 Å². The molecule has 1 aromatic carbocycles. The number of carbonyl (C=O) groups is 1. The smallest absolute Gasteiger partial charge is 0.372 e. The molecule has 7 nitrogen and oxygen atoms in total. The summed E-state index contributed by atoms with van der Waals surface area (Å²) in [5.41, 5.74) is 9.94. The second kappa shape index (κ2) is 3.23. The van der Waals surface area contributed by atoms with Crippen LogP contribution < -0.4 is 20.9 Å². The lowest BCUT2D eigenvalue weighted by Gasteiger charge is -2.11. The van der Waals surface area contributed by atoms with E-state index in [0.29, 0.717) is 4.73 Å². The van der Waals surface area contributed by atoms with Gasteiger partial charge in [-0.3, -0.25) is 10.5 Å². The molecule has 0 fully saturated rings. The number of carbonyl (C=O) groups excluding carboxylic acids is 1. The van der Waals surface area contributed by atoms with Crippen LogP contribution in [-0.2, 0) is 0 Å². The Bertz CT molecular complexity index is 597. The highest BCUT2D eigenvalue weighted by atomic mass is 16.5. The average molecular weight is 220 g/mol. The van der Waals surface area contributed by atoms with Crippen molar-refractivity contribution >= 4 is 22.8 Å². The Hall–Kier alpha value is -2.57. The number of para-hydroxylation sites is 2. The summed E-state index contributed by atoms with van der Waals surface area (Å²) in [5.74, 6) is -1.54. The van der Waals surface area contributed by atoms with Crippen molar-refractivity contribution in [3.63, 3.8) is 0 Å². The third kappa shape index (κ3) is 1.18. The number of nitrogen functional groups attached to an aromatic ring is 1. The molecule has 0 aliphatic heterocycles. The lowest BCUT2D eigenvalue weighted by molar-refractivity contribution is -0.619. The molecular formula is C9H8N4O3. The van der Waals surface area contributed by atoms with Gasteiger partial charge in [0.1, 0.15) is 0 Å². The highest BCUT2D eigenvalue weighted by Crippen LogP contribution is 2.09. The van der Waals surface area contributed by atoms with Gasteiger partial charge >= 0.3 is 17.4 Å². The van der Waals surface area contributed by atoms with Crippen molar-refractivity contribution in [3.8, 4) is 0 Å². The van der Waals surface area contributed by atoms with E-state index in [4.69, 9.17) is 11.5 Å². The Kier molecular flexibility index (Phi) is 2.01. The van der Waals surface area contributed by atoms with Gasteiger partial charge in [0.25, 0.3) is 5.52 Å². The molecule has 0 radical (unpaired) electrons. The van der Waals surface area contributed by atoms with Gasteiger partial charge in [0.15, 0.2) is 0 Å². The maximum Gasteiger partial charge on any atom is 0.372 e. The van der Waals surface area contributed by atoms with Gasteiger partial charge < -0.3 is 16.1 Å². The molecule has 0 aliphatic carbocycles. The van der Waals surface area contributed by atoms with E-state index in [2.05, 4.69) is 0 Å². The summed E-state index contributed by atoms with van der Waals surface area (Å²) in [7, 11) is 0. The molecule has 82 valence electrons. The van der Waals surface area contributed by atoms with Crippen LogP contribution in [0.5, 0.6) is 0 Å². The number of nitrogens with zero attached hydrogens (tertiary/aromatic N) is 2. The van der Waals surface area contributed by atoms with Gasteiger partial charge in [-0.25, -0.2) is 4.73 Å². The van der Waals surface area contributed by atoms with Gasteiger partial charge in [-0.15, -0.1) is 4.73 Å². The molecule has 7 heteroatoms. The van der Waals surface area contributed by atoms with E-state index in [0.717, 1.165) is 0 Å². The first kappa shape index (κ1) is 9.97. The lowest BCUT2D eigenvalue weighted by Crippen LogP contribution is -2.47. The standard InChI is InChI=1S/C9H8N4O3/c10-8-7(9(11)14)12(15)5-3-1-2-4-6(5)13(8)16/h1-4H,10H2,(H2,11,14). The number of hydrogen-bond acceptors (Lipinski definition) is 4. The number of amides is 1. The van der Waals surface area contributed by atoms with E-state index in [1.54, 1.807) is 12.1 Å². The number of nitrogens with two attached hydrogens (primary N) is 2. The molecule has 1 aromatic heterocycles. The SMILES string of the molecule is NC(=O)c1c(N)[n+]([O-])c2ccccc2[n+]1[O-]. The van der Waals surface area contributed by atoms with Gasteiger partial charge in [0.2, 0.25) is 5.52 Å². The zero-order chi connectivity index (χ0) is 11.9. The van der Waals surface area contributed by atoms with Gasteiger partial charge in [-0.1, -0.05) is 12.1 Å². The number of primary amides is 1. The molecule has 4 N–H and O–H groups in total. The fourth-order valence-corrected chi connectivity index (χ4v) is 1.48. The molecule has 1 heterocycles. The van der Waals surface area contributed by atoms with E-state index >= 15 is 0 Å². The maximum absolute atomic E-state index is 11.7. The zero-order valence-electron chi connectivity index (χ0n) is 8.08. The molecule has 16 heavy (non-hydrogen) atoms. The van der Waals surface area contributed by atoms with E-state index in [1.807, 2.05) is 0 Å². The van der Waals surface area contributed by atoms with Crippen LogP contribution in [0.1, 0.15) is 10.5 Å². The molecule has 0 bridgehead atoms. The maximum atomic E-state index is 11.7. The van der Waals surface area contributed by atoms with Gasteiger partial charge in [-0.2, -0.15) is 0 Å². The molecule has 2 rings (SSSR count). The van der Waals surface area contributed by atoms with Gasteiger partial charge in [-0.05, 0) is 6.07 Å². The van der Waals surface area contributed by atoms with Crippen LogP contribution in [-0.4, -0.2) is 5.91 Å². The van der Waals surface area contributed by atoms with Crippen LogP contribution >= 0.6 is 0 Å². The quantitative estimate of drug-likeness (QED) is 0.462. The molecule has 2 aromatic rings. The summed E-state index contributed by atoms with van der Waals surface area (Å²) in [6, 6.07) is 5.98. The minimum Gasteiger partial charge on any atom is -0.710 e. The number of fused-ring (bicyclic) bond motifs is 1. The first-order valence-corrected chi connectivity index (χ1v) is 4.37. The predicted octanol–water partition coefficient (Wildman–Crippen LogP) is -1.21. The van der Waals surface area contributed by atoms with Crippen molar-refractivity contribution in [3.05, 3.63) is 40.4 Å². The number of hydrogen-bond donors (Lipinski definition) is 2. The summed E-state index contributed by atoms with van der Waals surface area (Å²) < 4.78 is 0.575. The lowest BCUT2D eigenvalue weighted by atomic mass is 10.2. The monoisotopic (exact) mass is 220 g/mol. The van der Waals surface area contributed by atoms with Crippen molar-refractivity contribution in [1.29, 1.82) is 0 Å². The van der Waals surface area contributed by atoms with E-state index in [9.17, 15) is 15.2 Å². The summed E-state index contributed by atoms with van der Waals surface area (Å²) in [4.78, 5) is 11.0. The molecular weight excluding hydrogens is 212 g/mol. The molecule has 0 aliphatic rings. The average Bonchev–Trinajstić information content (AvgIpc) is 2.26. The van der Waals surface area contributed by atoms with Crippen molar-refractivity contribution in [2.45, 2.75) is 0 Å².